The van der Waals surface area contributed by atoms with Gasteiger partial charge in [0, 0.05) is 41.8 Å². The van der Waals surface area contributed by atoms with Crippen molar-refractivity contribution in [2.75, 3.05) is 11.2 Å². The van der Waals surface area contributed by atoms with Gasteiger partial charge >= 0.3 is 18.3 Å². The van der Waals surface area contributed by atoms with E-state index in [4.69, 9.17) is 0 Å². The van der Waals surface area contributed by atoms with Gasteiger partial charge in [-0.25, -0.2) is 18.1 Å². The van der Waals surface area contributed by atoms with Crippen LogP contribution in [0.1, 0.15) is 29.7 Å². The molecule has 16 heteroatoms. The monoisotopic (exact) mass is 626 g/mol. The maximum Gasteiger partial charge on any atom is 0.528 e. The normalized spacial score (nSPS) is 18.8. The predicted octanol–water partition coefficient (Wildman–Crippen LogP) is 6.05. The minimum absolute atomic E-state index is 0.148. The van der Waals surface area contributed by atoms with E-state index in [1.807, 2.05) is 0 Å². The van der Waals surface area contributed by atoms with Crippen LogP contribution in [0.3, 0.4) is 0 Å². The number of hydrogen-bond acceptors (Lipinski definition) is 8. The molecule has 0 saturated carbocycles. The van der Waals surface area contributed by atoms with Gasteiger partial charge < -0.3 is 5.11 Å². The van der Waals surface area contributed by atoms with Gasteiger partial charge in [0.15, 0.2) is 21.6 Å². The molecule has 1 heterocycles. The summed E-state index contributed by atoms with van der Waals surface area (Å²) in [5, 5.41) is 41.9. The van der Waals surface area contributed by atoms with Crippen LogP contribution in [-0.2, 0) is 16.0 Å². The molecule has 0 aromatic heterocycles. The van der Waals surface area contributed by atoms with Crippen LogP contribution in [0.5, 0.6) is 0 Å². The first-order chi connectivity index (χ1) is 20.5. The summed E-state index contributed by atoms with van der Waals surface area (Å²) in [6, 6.07) is 10.2. The van der Waals surface area contributed by atoms with Gasteiger partial charge in [0.2, 0.25) is 0 Å². The number of amides is 3. The van der Waals surface area contributed by atoms with Crippen molar-refractivity contribution in [1.29, 1.82) is 10.5 Å². The number of benzene rings is 3. The molecule has 1 aliphatic rings. The third-order valence-corrected chi connectivity index (χ3v) is 8.19. The summed E-state index contributed by atoms with van der Waals surface area (Å²) < 4.78 is 64.8. The summed E-state index contributed by atoms with van der Waals surface area (Å²) >= 11 is 0. The molecule has 0 fully saturated rings. The van der Waals surface area contributed by atoms with Crippen molar-refractivity contribution in [3.8, 4) is 12.1 Å². The standard InChI is InChI=1S/C28H18F3N5O7S/c1-16-23(15-33)25(22-11-6-17(14-32)12-24(22)44(2,42)43)36(27(38)39,21-9-7-19(8-10-21)35(40)41)26(37)34(16)20-5-3-4-18(13-20)28(29,30)31/h3-13,25H,1-2H3/p+1/t25-,36?/m1/s1. The lowest BCUT2D eigenvalue weighted by molar-refractivity contribution is -0.384. The summed E-state index contributed by atoms with van der Waals surface area (Å²) in [6.07, 6.45) is -6.09. The summed E-state index contributed by atoms with van der Waals surface area (Å²) in [5.41, 5.74) is -3.99. The van der Waals surface area contributed by atoms with Crippen LogP contribution in [-0.4, -0.2) is 36.8 Å². The number of sulfone groups is 1. The number of imide groups is 1. The second-order valence-corrected chi connectivity index (χ2v) is 11.6. The highest BCUT2D eigenvalue weighted by Gasteiger charge is 2.63. The Labute approximate surface area is 247 Å². The number of halogens is 3. The molecule has 0 spiro atoms. The third-order valence-electron chi connectivity index (χ3n) is 7.04. The van der Waals surface area contributed by atoms with Gasteiger partial charge in [-0.1, -0.05) is 16.6 Å². The number of carbonyl (C=O) groups excluding carboxylic acids is 1. The Balaban J connectivity index is 2.22. The number of quaternary nitrogens is 1. The van der Waals surface area contributed by atoms with Crippen molar-refractivity contribution in [1.82, 2.24) is 4.48 Å². The lowest BCUT2D eigenvalue weighted by Gasteiger charge is -2.44. The molecule has 12 nitrogen and oxygen atoms in total. The van der Waals surface area contributed by atoms with Crippen LogP contribution >= 0.6 is 0 Å². The zero-order valence-electron chi connectivity index (χ0n) is 22.6. The molecule has 3 amide bonds. The van der Waals surface area contributed by atoms with E-state index in [0.717, 1.165) is 66.9 Å². The van der Waals surface area contributed by atoms with E-state index in [9.17, 15) is 56.9 Å². The molecule has 3 aromatic rings. The number of nitro groups is 1. The highest BCUT2D eigenvalue weighted by Crippen LogP contribution is 2.49. The number of non-ortho nitro benzene ring substituents is 1. The van der Waals surface area contributed by atoms with Gasteiger partial charge in [-0.15, -0.1) is 0 Å². The first kappa shape index (κ1) is 31.4. The molecule has 1 unspecified atom stereocenters. The van der Waals surface area contributed by atoms with Crippen molar-refractivity contribution in [2.45, 2.75) is 24.0 Å². The number of carbonyl (C=O) groups is 2. The molecule has 2 atom stereocenters. The number of carboxylic acid groups (broad SMARTS) is 1. The smallest absolute Gasteiger partial charge is 0.435 e. The van der Waals surface area contributed by atoms with Gasteiger partial charge in [0.05, 0.1) is 32.7 Å². The summed E-state index contributed by atoms with van der Waals surface area (Å²) in [5.74, 6) is 0. The van der Waals surface area contributed by atoms with Crippen LogP contribution in [0, 0.1) is 32.8 Å². The number of nitrogens with zero attached hydrogens (tertiary/aromatic N) is 5. The average Bonchev–Trinajstić information content (AvgIpc) is 2.96. The van der Waals surface area contributed by atoms with E-state index >= 15 is 0 Å². The molecule has 1 aliphatic heterocycles. The number of hydrogen-bond donors (Lipinski definition) is 1. The van der Waals surface area contributed by atoms with E-state index in [0.29, 0.717) is 11.0 Å². The highest BCUT2D eigenvalue weighted by atomic mass is 32.2. The number of rotatable bonds is 5. The Morgan fingerprint density at radius 1 is 1.07 bits per heavy atom. The summed E-state index contributed by atoms with van der Waals surface area (Å²) in [6.45, 7) is 1.18. The van der Waals surface area contributed by atoms with Crippen LogP contribution in [0.25, 0.3) is 0 Å². The molecule has 1 N–H and O–H groups in total. The first-order valence-electron chi connectivity index (χ1n) is 12.2. The highest BCUT2D eigenvalue weighted by molar-refractivity contribution is 7.90. The molecule has 0 saturated heterocycles. The number of nitro benzene ring substituents is 1. The fourth-order valence-electron chi connectivity index (χ4n) is 5.08. The maximum absolute atomic E-state index is 14.6. The Bertz CT molecular complexity index is 1960. The van der Waals surface area contributed by atoms with E-state index in [2.05, 4.69) is 0 Å². The lowest BCUT2D eigenvalue weighted by Crippen LogP contribution is -2.67. The molecule has 224 valence electrons. The quantitative estimate of drug-likeness (QED) is 0.200. The van der Waals surface area contributed by atoms with Gasteiger partial charge in [-0.05, 0) is 37.3 Å². The Hall–Kier alpha value is -5.58. The number of allylic oxidation sites excluding steroid dienone is 1. The SMILES string of the molecule is CC1=C(C#N)[C@@H](c2ccc(C#N)cc2S(C)(=O)=O)[N+](C(=O)O)(c2ccc([N+](=O)[O-])cc2)C(=O)N1c1cccc(C(F)(F)F)c1. The number of anilines is 1. The van der Waals surface area contributed by atoms with Crippen molar-refractivity contribution >= 4 is 39.0 Å². The number of alkyl halides is 3. The molecule has 0 bridgehead atoms. The minimum Gasteiger partial charge on any atom is -0.435 e. The Kier molecular flexibility index (Phi) is 7.78. The molecule has 0 aliphatic carbocycles. The maximum atomic E-state index is 14.6. The van der Waals surface area contributed by atoms with E-state index in [1.165, 1.54) is 6.92 Å². The van der Waals surface area contributed by atoms with Gasteiger partial charge in [0.25, 0.3) is 5.69 Å². The number of nitriles is 2. The predicted molar refractivity (Wildman–Crippen MR) is 148 cm³/mol. The van der Waals surface area contributed by atoms with E-state index in [1.54, 1.807) is 12.1 Å². The van der Waals surface area contributed by atoms with E-state index in [-0.39, 0.29) is 16.8 Å². The molecule has 44 heavy (non-hydrogen) atoms. The molecular formula is C28H19F3N5O7S+. The van der Waals surface area contributed by atoms with Crippen molar-refractivity contribution in [3.05, 3.63) is 105 Å². The van der Waals surface area contributed by atoms with Gasteiger partial charge in [0.1, 0.15) is 11.6 Å². The van der Waals surface area contributed by atoms with E-state index < -0.39 is 76.7 Å². The average molecular weight is 627 g/mol. The fourth-order valence-corrected chi connectivity index (χ4v) is 6.03. The minimum atomic E-state index is -4.86. The second kappa shape index (κ2) is 10.9. The summed E-state index contributed by atoms with van der Waals surface area (Å²) in [4.78, 5) is 38.5. The summed E-state index contributed by atoms with van der Waals surface area (Å²) in [7, 11) is -4.27. The van der Waals surface area contributed by atoms with Gasteiger partial charge in [-0.2, -0.15) is 28.5 Å². The topological polar surface area (TPSA) is 182 Å². The third kappa shape index (κ3) is 5.02. The molecule has 3 aromatic carbocycles. The van der Waals surface area contributed by atoms with Crippen LogP contribution in [0.15, 0.2) is 82.9 Å². The van der Waals surface area contributed by atoms with Crippen molar-refractivity contribution in [2.24, 2.45) is 0 Å². The van der Waals surface area contributed by atoms with Crippen LogP contribution < -0.4 is 9.38 Å². The lowest BCUT2D eigenvalue weighted by atomic mass is 9.89. The largest absolute Gasteiger partial charge is 0.528 e. The van der Waals surface area contributed by atoms with Crippen LogP contribution in [0.2, 0.25) is 0 Å². The molecule has 0 radical (unpaired) electrons. The first-order valence-corrected chi connectivity index (χ1v) is 14.1. The van der Waals surface area contributed by atoms with Crippen molar-refractivity contribution in [3.63, 3.8) is 0 Å². The van der Waals surface area contributed by atoms with Gasteiger partial charge in [-0.3, -0.25) is 10.1 Å². The van der Waals surface area contributed by atoms with Crippen molar-refractivity contribution < 1.29 is 41.2 Å². The molecular weight excluding hydrogens is 607 g/mol. The zero-order chi connectivity index (χ0) is 32.8. The molecule has 4 rings (SSSR count). The fraction of sp³-hybridized carbons (Fsp3) is 0.143. The Morgan fingerprint density at radius 2 is 1.70 bits per heavy atom. The Morgan fingerprint density at radius 3 is 2.20 bits per heavy atom. The zero-order valence-corrected chi connectivity index (χ0v) is 23.4. The van der Waals surface area contributed by atoms with Crippen LogP contribution in [0.4, 0.5) is 39.8 Å². The second-order valence-electron chi connectivity index (χ2n) is 9.59. The number of urea groups is 1.